The molecule has 1 amide bonds. The summed E-state index contributed by atoms with van der Waals surface area (Å²) in [4.78, 5) is 28.4. The lowest BCUT2D eigenvalue weighted by molar-refractivity contribution is -0.125. The Morgan fingerprint density at radius 3 is 2.61 bits per heavy atom. The van der Waals surface area contributed by atoms with Crippen LogP contribution in [0.5, 0.6) is 5.75 Å². The zero-order valence-electron chi connectivity index (χ0n) is 21.1. The molecule has 2 aromatic heterocycles. The molecule has 3 N–H and O–H groups in total. The maximum atomic E-state index is 13.3. The second kappa shape index (κ2) is 11.2. The average molecular weight is 500 g/mol. The number of anilines is 1. The number of likely N-dealkylation sites (N-methyl/N-ethyl adjacent to an activating group) is 1. The van der Waals surface area contributed by atoms with E-state index in [1.807, 2.05) is 43.3 Å². The molecule has 1 aliphatic rings. The molecule has 12 heteroatoms. The van der Waals surface area contributed by atoms with Gasteiger partial charge in [0.15, 0.2) is 23.2 Å². The van der Waals surface area contributed by atoms with Gasteiger partial charge in [0.05, 0.1) is 26.1 Å². The number of hydrogen-bond donors (Lipinski definition) is 3. The van der Waals surface area contributed by atoms with Gasteiger partial charge < -0.3 is 34.9 Å². The van der Waals surface area contributed by atoms with Crippen LogP contribution in [-0.2, 0) is 20.7 Å². The first-order valence-corrected chi connectivity index (χ1v) is 11.7. The lowest BCUT2D eigenvalue weighted by Crippen LogP contribution is -2.53. The molecule has 0 radical (unpaired) electrons. The van der Waals surface area contributed by atoms with Crippen LogP contribution in [0.2, 0.25) is 0 Å². The van der Waals surface area contributed by atoms with Crippen molar-refractivity contribution in [2.75, 3.05) is 46.9 Å². The number of aliphatic hydroxyl groups is 1. The number of nitrogens with one attached hydrogen (secondary N) is 2. The maximum Gasteiger partial charge on any atom is 0.237 e. The molecule has 5 atom stereocenters. The molecular formula is C24H33N7O5. The van der Waals surface area contributed by atoms with Gasteiger partial charge in [0.1, 0.15) is 30.3 Å². The Labute approximate surface area is 209 Å². The Morgan fingerprint density at radius 2 is 1.97 bits per heavy atom. The lowest BCUT2D eigenvalue weighted by atomic mass is 10.0. The van der Waals surface area contributed by atoms with Gasteiger partial charge in [-0.15, -0.1) is 0 Å². The van der Waals surface area contributed by atoms with Crippen LogP contribution in [0.3, 0.4) is 0 Å². The highest BCUT2D eigenvalue weighted by atomic mass is 16.6. The minimum atomic E-state index is -1.01. The van der Waals surface area contributed by atoms with Crippen LogP contribution in [0.25, 0.3) is 11.2 Å². The van der Waals surface area contributed by atoms with Crippen LogP contribution >= 0.6 is 0 Å². The first-order chi connectivity index (χ1) is 17.4. The van der Waals surface area contributed by atoms with E-state index in [1.165, 1.54) is 13.4 Å². The highest BCUT2D eigenvalue weighted by Gasteiger charge is 2.46. The van der Waals surface area contributed by atoms with Crippen LogP contribution in [0, 0.1) is 0 Å². The van der Waals surface area contributed by atoms with Gasteiger partial charge in [0.2, 0.25) is 5.91 Å². The number of methoxy groups -OCH3 is 2. The molecule has 1 saturated heterocycles. The van der Waals surface area contributed by atoms with Gasteiger partial charge in [-0.2, -0.15) is 0 Å². The molecule has 0 unspecified atom stereocenters. The lowest BCUT2D eigenvalue weighted by Gasteiger charge is -2.25. The number of hydrogen-bond acceptors (Lipinski definition) is 10. The van der Waals surface area contributed by atoms with E-state index in [1.54, 1.807) is 25.1 Å². The van der Waals surface area contributed by atoms with E-state index in [2.05, 4.69) is 25.6 Å². The van der Waals surface area contributed by atoms with Crippen LogP contribution in [0.4, 0.5) is 5.82 Å². The Kier molecular flexibility index (Phi) is 7.99. The molecule has 3 heterocycles. The van der Waals surface area contributed by atoms with Gasteiger partial charge in [-0.1, -0.05) is 12.1 Å². The minimum absolute atomic E-state index is 0.163. The predicted octanol–water partition coefficient (Wildman–Crippen LogP) is 0.121. The third-order valence-electron chi connectivity index (χ3n) is 6.31. The minimum Gasteiger partial charge on any atom is -0.497 e. The topological polar surface area (TPSA) is 136 Å². The molecule has 0 bridgehead atoms. The van der Waals surface area contributed by atoms with E-state index >= 15 is 0 Å². The molecule has 0 aliphatic carbocycles. The standard InChI is InChI=1S/C24H33N7O5/c1-25-16(10-14-6-8-15(35-5)9-7-14)23(33)29-18-20(32)17(11-34-4)36-24(18)31-13-28-19-21(30(2)3)26-12-27-22(19)31/h6-9,12-13,16-18,20,24-25,32H,10-11H2,1-5H3,(H,29,33)/t16-,17+,18+,20+,24+/m0/s1. The van der Waals surface area contributed by atoms with Crippen molar-refractivity contribution in [2.24, 2.45) is 0 Å². The number of amides is 1. The fourth-order valence-electron chi connectivity index (χ4n) is 4.38. The van der Waals surface area contributed by atoms with Crippen molar-refractivity contribution >= 4 is 22.9 Å². The second-order valence-electron chi connectivity index (χ2n) is 8.85. The molecule has 36 heavy (non-hydrogen) atoms. The molecule has 1 aromatic carbocycles. The number of nitrogens with zero attached hydrogens (tertiary/aromatic N) is 5. The van der Waals surface area contributed by atoms with Crippen molar-refractivity contribution in [2.45, 2.75) is 36.9 Å². The molecule has 1 aliphatic heterocycles. The highest BCUT2D eigenvalue weighted by Crippen LogP contribution is 2.33. The number of rotatable bonds is 10. The van der Waals surface area contributed by atoms with Crippen molar-refractivity contribution in [3.05, 3.63) is 42.5 Å². The number of aromatic nitrogens is 4. The molecule has 3 aromatic rings. The van der Waals surface area contributed by atoms with Gasteiger partial charge >= 0.3 is 0 Å². The largest absolute Gasteiger partial charge is 0.497 e. The first kappa shape index (κ1) is 25.8. The van der Waals surface area contributed by atoms with Gasteiger partial charge in [0, 0.05) is 21.2 Å². The van der Waals surface area contributed by atoms with Crippen LogP contribution < -0.4 is 20.3 Å². The molecule has 194 valence electrons. The summed E-state index contributed by atoms with van der Waals surface area (Å²) >= 11 is 0. The summed E-state index contributed by atoms with van der Waals surface area (Å²) in [5.74, 6) is 1.13. The second-order valence-corrected chi connectivity index (χ2v) is 8.85. The third kappa shape index (κ3) is 5.12. The summed E-state index contributed by atoms with van der Waals surface area (Å²) in [7, 11) is 8.61. The Morgan fingerprint density at radius 1 is 1.22 bits per heavy atom. The quantitative estimate of drug-likeness (QED) is 0.353. The third-order valence-corrected chi connectivity index (χ3v) is 6.31. The fraction of sp³-hybridized carbons (Fsp3) is 0.500. The molecular weight excluding hydrogens is 466 g/mol. The van der Waals surface area contributed by atoms with E-state index < -0.39 is 30.5 Å². The van der Waals surface area contributed by atoms with Gasteiger partial charge in [-0.25, -0.2) is 15.0 Å². The van der Waals surface area contributed by atoms with E-state index in [0.29, 0.717) is 23.4 Å². The van der Waals surface area contributed by atoms with E-state index in [0.717, 1.165) is 11.3 Å². The van der Waals surface area contributed by atoms with Crippen LogP contribution in [-0.4, -0.2) is 96.8 Å². The molecule has 0 saturated carbocycles. The van der Waals surface area contributed by atoms with Gasteiger partial charge in [-0.3, -0.25) is 9.36 Å². The zero-order chi connectivity index (χ0) is 25.8. The average Bonchev–Trinajstić information content (AvgIpc) is 3.44. The van der Waals surface area contributed by atoms with Crippen molar-refractivity contribution in [1.29, 1.82) is 0 Å². The number of imidazole rings is 1. The predicted molar refractivity (Wildman–Crippen MR) is 133 cm³/mol. The summed E-state index contributed by atoms with van der Waals surface area (Å²) < 4.78 is 18.3. The molecule has 12 nitrogen and oxygen atoms in total. The zero-order valence-corrected chi connectivity index (χ0v) is 21.1. The molecule has 4 rings (SSSR count). The van der Waals surface area contributed by atoms with Gasteiger partial charge in [0.25, 0.3) is 0 Å². The number of fused-ring (bicyclic) bond motifs is 1. The Hall–Kier alpha value is -3.32. The summed E-state index contributed by atoms with van der Waals surface area (Å²) in [6.07, 6.45) is 1.09. The summed E-state index contributed by atoms with van der Waals surface area (Å²) in [5.41, 5.74) is 2.09. The fourth-order valence-corrected chi connectivity index (χ4v) is 4.38. The van der Waals surface area contributed by atoms with Crippen LogP contribution in [0.15, 0.2) is 36.9 Å². The first-order valence-electron chi connectivity index (χ1n) is 11.7. The summed E-state index contributed by atoms with van der Waals surface area (Å²) in [6, 6.07) is 6.25. The number of carbonyl (C=O) groups excluding carboxylic acids is 1. The number of aliphatic hydroxyl groups excluding tert-OH is 1. The van der Waals surface area contributed by atoms with Crippen molar-refractivity contribution in [3.63, 3.8) is 0 Å². The van der Waals surface area contributed by atoms with Crippen molar-refractivity contribution in [1.82, 2.24) is 30.2 Å². The molecule has 1 fully saturated rings. The summed E-state index contributed by atoms with van der Waals surface area (Å²) in [5, 5.41) is 17.1. The summed E-state index contributed by atoms with van der Waals surface area (Å²) in [6.45, 7) is 0.163. The monoisotopic (exact) mass is 499 g/mol. The smallest absolute Gasteiger partial charge is 0.237 e. The maximum absolute atomic E-state index is 13.3. The van der Waals surface area contributed by atoms with Gasteiger partial charge in [-0.05, 0) is 31.2 Å². The number of benzene rings is 1. The SMILES string of the molecule is CN[C@@H](Cc1ccc(OC)cc1)C(=O)N[C@@H]1[C@H](O)[C@@H](COC)O[C@H]1n1cnc2c(N(C)C)ncnc21. The number of ether oxygens (including phenoxy) is 3. The van der Waals surface area contributed by atoms with Crippen LogP contribution in [0.1, 0.15) is 11.8 Å². The van der Waals surface area contributed by atoms with Crippen molar-refractivity contribution < 1.29 is 24.1 Å². The van der Waals surface area contributed by atoms with Crippen molar-refractivity contribution in [3.8, 4) is 5.75 Å². The molecule has 0 spiro atoms. The highest BCUT2D eigenvalue weighted by molar-refractivity contribution is 5.84. The van der Waals surface area contributed by atoms with E-state index in [9.17, 15) is 9.90 Å². The normalized spacial score (nSPS) is 22.5. The Balaban J connectivity index is 1.59. The van der Waals surface area contributed by atoms with E-state index in [-0.39, 0.29) is 12.5 Å². The van der Waals surface area contributed by atoms with E-state index in [4.69, 9.17) is 14.2 Å². The Bertz CT molecular complexity index is 1170. The number of carbonyl (C=O) groups is 1.